The van der Waals surface area contributed by atoms with Gasteiger partial charge in [-0.2, -0.15) is 0 Å². The standard InChI is InChI=1S/C30H37O5P/c1-19-14-16-35-30(19)15-13-27-25-11-7-21-17-22(31)8-12-24(21)28(25)26(18-29(27,30)2)20-5-9-23(10-6-20)36(32,33-3)34-4/h5-6,9-10,17,25-27H,1,7-8,11-16,18H2,2-4H3/t25-,26+,27?,29-,30+/m0/s1. The lowest BCUT2D eigenvalue weighted by molar-refractivity contribution is -0.114. The number of benzene rings is 1. The van der Waals surface area contributed by atoms with Gasteiger partial charge in [0.15, 0.2) is 5.78 Å². The monoisotopic (exact) mass is 508 g/mol. The largest absolute Gasteiger partial charge is 0.370 e. The second-order valence-electron chi connectivity index (χ2n) is 11.5. The van der Waals surface area contributed by atoms with E-state index in [1.54, 1.807) is 5.57 Å². The summed E-state index contributed by atoms with van der Waals surface area (Å²) in [7, 11) is -0.460. The molecule has 2 saturated carbocycles. The Morgan fingerprint density at radius 3 is 2.47 bits per heavy atom. The highest BCUT2D eigenvalue weighted by atomic mass is 31.2. The summed E-state index contributed by atoms with van der Waals surface area (Å²) in [4.78, 5) is 12.3. The zero-order valence-corrected chi connectivity index (χ0v) is 22.6. The van der Waals surface area contributed by atoms with Crippen LogP contribution in [0.15, 0.2) is 59.2 Å². The normalized spacial score (nSPS) is 36.1. The summed E-state index contributed by atoms with van der Waals surface area (Å²) in [5.74, 6) is 1.55. The molecule has 0 bridgehead atoms. The van der Waals surface area contributed by atoms with E-state index < -0.39 is 7.60 Å². The van der Waals surface area contributed by atoms with E-state index in [-0.39, 0.29) is 22.7 Å². The Morgan fingerprint density at radius 2 is 1.81 bits per heavy atom. The minimum Gasteiger partial charge on any atom is -0.370 e. The number of allylic oxidation sites excluding steroid dienone is 4. The minimum atomic E-state index is -3.30. The Hall–Kier alpha value is -1.78. The minimum absolute atomic E-state index is 0.0126. The second kappa shape index (κ2) is 8.63. The van der Waals surface area contributed by atoms with Crippen LogP contribution in [0, 0.1) is 17.3 Å². The molecule has 192 valence electrons. The highest BCUT2D eigenvalue weighted by Gasteiger charge is 2.65. The van der Waals surface area contributed by atoms with Gasteiger partial charge in [0, 0.05) is 32.0 Å². The van der Waals surface area contributed by atoms with Gasteiger partial charge in [-0.1, -0.05) is 31.2 Å². The SMILES string of the molecule is C=C1CCO[C@]12CCC1[C@@H]3CCC4=CC(=O)CCC4=C3[C@@H](c3ccc(P(=O)(OC)OC)cc3)C[C@@]12C. The maximum atomic E-state index is 13.0. The van der Waals surface area contributed by atoms with Gasteiger partial charge in [0.05, 0.1) is 17.5 Å². The van der Waals surface area contributed by atoms with E-state index >= 15 is 0 Å². The molecule has 0 aromatic heterocycles. The van der Waals surface area contributed by atoms with E-state index in [0.29, 0.717) is 23.6 Å². The van der Waals surface area contributed by atoms with Crippen molar-refractivity contribution in [1.82, 2.24) is 0 Å². The highest BCUT2D eigenvalue weighted by Crippen LogP contribution is 2.70. The molecule has 1 spiro atoms. The van der Waals surface area contributed by atoms with Crippen LogP contribution >= 0.6 is 7.60 Å². The fourth-order valence-electron chi connectivity index (χ4n) is 8.59. The molecule has 0 radical (unpaired) electrons. The lowest BCUT2D eigenvalue weighted by Gasteiger charge is -2.55. The molecule has 36 heavy (non-hydrogen) atoms. The molecule has 0 N–H and O–H groups in total. The zero-order valence-electron chi connectivity index (χ0n) is 21.7. The van der Waals surface area contributed by atoms with Crippen LogP contribution < -0.4 is 5.30 Å². The van der Waals surface area contributed by atoms with E-state index in [1.807, 2.05) is 18.2 Å². The molecular weight excluding hydrogens is 471 g/mol. The van der Waals surface area contributed by atoms with Crippen molar-refractivity contribution < 1.29 is 23.1 Å². The molecule has 1 unspecified atom stereocenters. The molecule has 5 atom stereocenters. The molecule has 5 nitrogen and oxygen atoms in total. The lowest BCUT2D eigenvalue weighted by atomic mass is 9.50. The molecule has 1 aromatic carbocycles. The summed E-state index contributed by atoms with van der Waals surface area (Å²) >= 11 is 0. The van der Waals surface area contributed by atoms with Crippen LogP contribution in [0.1, 0.15) is 69.8 Å². The number of carbonyl (C=O) groups is 1. The topological polar surface area (TPSA) is 61.8 Å². The van der Waals surface area contributed by atoms with Gasteiger partial charge in [-0.25, -0.2) is 0 Å². The smallest absolute Gasteiger partial charge is 0.360 e. The third-order valence-corrected chi connectivity index (χ3v) is 12.2. The van der Waals surface area contributed by atoms with Gasteiger partial charge >= 0.3 is 7.60 Å². The molecule has 0 amide bonds. The van der Waals surface area contributed by atoms with Crippen molar-refractivity contribution in [3.63, 3.8) is 0 Å². The van der Waals surface area contributed by atoms with E-state index in [0.717, 1.165) is 45.1 Å². The fraction of sp³-hybridized carbons (Fsp3) is 0.567. The third-order valence-electron chi connectivity index (χ3n) is 10.3. The molecule has 1 heterocycles. The van der Waals surface area contributed by atoms with Crippen LogP contribution in [0.25, 0.3) is 0 Å². The third kappa shape index (κ3) is 3.32. The number of ketones is 1. The molecule has 5 aliphatic rings. The van der Waals surface area contributed by atoms with Gasteiger partial charge in [0.25, 0.3) is 0 Å². The molecule has 1 aromatic rings. The number of ether oxygens (including phenoxy) is 1. The Labute approximate surface area is 214 Å². The van der Waals surface area contributed by atoms with Crippen molar-refractivity contribution in [2.75, 3.05) is 20.8 Å². The second-order valence-corrected chi connectivity index (χ2v) is 13.8. The number of rotatable bonds is 4. The van der Waals surface area contributed by atoms with E-state index in [2.05, 4.69) is 25.6 Å². The predicted molar refractivity (Wildman–Crippen MR) is 140 cm³/mol. The summed E-state index contributed by atoms with van der Waals surface area (Å²) in [6, 6.07) is 8.02. The summed E-state index contributed by atoms with van der Waals surface area (Å²) in [5, 5.41) is 0.572. The summed E-state index contributed by atoms with van der Waals surface area (Å²) in [5.41, 5.74) is 6.55. The molecule has 3 fully saturated rings. The summed E-state index contributed by atoms with van der Waals surface area (Å²) < 4.78 is 30.1. The summed E-state index contributed by atoms with van der Waals surface area (Å²) in [6.07, 6.45) is 9.65. The zero-order chi connectivity index (χ0) is 25.3. The molecule has 1 saturated heterocycles. The first-order valence-electron chi connectivity index (χ1n) is 13.4. The first-order valence-corrected chi connectivity index (χ1v) is 14.9. The van der Waals surface area contributed by atoms with Crippen LogP contribution in [0.5, 0.6) is 0 Å². The van der Waals surface area contributed by atoms with Crippen LogP contribution in [0.2, 0.25) is 0 Å². The van der Waals surface area contributed by atoms with Gasteiger partial charge < -0.3 is 13.8 Å². The Bertz CT molecular complexity index is 1220. The molecular formula is C30H37O5P. The predicted octanol–water partition coefficient (Wildman–Crippen LogP) is 6.41. The van der Waals surface area contributed by atoms with Gasteiger partial charge in [-0.05, 0) is 97.3 Å². The maximum Gasteiger partial charge on any atom is 0.360 e. The Kier molecular flexibility index (Phi) is 5.88. The molecule has 6 heteroatoms. The van der Waals surface area contributed by atoms with Crippen LogP contribution in [-0.4, -0.2) is 32.2 Å². The molecule has 4 aliphatic carbocycles. The summed E-state index contributed by atoms with van der Waals surface area (Å²) in [6.45, 7) is 7.75. The van der Waals surface area contributed by atoms with Crippen molar-refractivity contribution in [3.05, 3.63) is 64.8 Å². The Morgan fingerprint density at radius 1 is 1.06 bits per heavy atom. The first kappa shape index (κ1) is 24.6. The van der Waals surface area contributed by atoms with Crippen LogP contribution in [0.3, 0.4) is 0 Å². The number of hydrogen-bond donors (Lipinski definition) is 0. The van der Waals surface area contributed by atoms with Gasteiger partial charge in [0.2, 0.25) is 0 Å². The van der Waals surface area contributed by atoms with Gasteiger partial charge in [-0.3, -0.25) is 9.36 Å². The van der Waals surface area contributed by atoms with Crippen LogP contribution in [0.4, 0.5) is 0 Å². The fourth-order valence-corrected chi connectivity index (χ4v) is 9.68. The van der Waals surface area contributed by atoms with Crippen molar-refractivity contribution in [2.45, 2.75) is 69.8 Å². The lowest BCUT2D eigenvalue weighted by Crippen LogP contribution is -2.52. The van der Waals surface area contributed by atoms with Crippen molar-refractivity contribution in [1.29, 1.82) is 0 Å². The van der Waals surface area contributed by atoms with Crippen molar-refractivity contribution in [3.8, 4) is 0 Å². The highest BCUT2D eigenvalue weighted by molar-refractivity contribution is 7.62. The van der Waals surface area contributed by atoms with Crippen LogP contribution in [-0.2, 0) is 23.1 Å². The van der Waals surface area contributed by atoms with Gasteiger partial charge in [0.1, 0.15) is 0 Å². The van der Waals surface area contributed by atoms with E-state index in [9.17, 15) is 9.36 Å². The number of fused-ring (bicyclic) bond motifs is 5. The number of hydrogen-bond acceptors (Lipinski definition) is 5. The van der Waals surface area contributed by atoms with E-state index in [4.69, 9.17) is 13.8 Å². The average molecular weight is 509 g/mol. The molecule has 1 aliphatic heterocycles. The Balaban J connectivity index is 1.49. The van der Waals surface area contributed by atoms with Crippen molar-refractivity contribution in [2.24, 2.45) is 17.3 Å². The van der Waals surface area contributed by atoms with Gasteiger partial charge in [-0.15, -0.1) is 0 Å². The maximum absolute atomic E-state index is 13.0. The first-order chi connectivity index (χ1) is 17.3. The number of carbonyl (C=O) groups excluding carboxylic acids is 1. The van der Waals surface area contributed by atoms with Crippen molar-refractivity contribution >= 4 is 18.7 Å². The average Bonchev–Trinajstić information content (AvgIpc) is 3.42. The van der Waals surface area contributed by atoms with E-state index in [1.165, 1.54) is 42.9 Å². The quantitative estimate of drug-likeness (QED) is 0.347. The molecule has 6 rings (SSSR count).